The Labute approximate surface area is 223 Å². The van der Waals surface area contributed by atoms with Crippen molar-refractivity contribution in [2.24, 2.45) is 0 Å². The summed E-state index contributed by atoms with van der Waals surface area (Å²) in [5.41, 5.74) is 6.59. The predicted octanol–water partition coefficient (Wildman–Crippen LogP) is 6.06. The van der Waals surface area contributed by atoms with Gasteiger partial charge in [0, 0.05) is 12.2 Å². The maximum Gasteiger partial charge on any atom is 0.247 e. The number of rotatable bonds is 10. The maximum atomic E-state index is 13.5. The van der Waals surface area contributed by atoms with Crippen LogP contribution in [-0.4, -0.2) is 38.8 Å². The third kappa shape index (κ3) is 6.93. The highest BCUT2D eigenvalue weighted by Crippen LogP contribution is 2.39. The molecule has 0 fully saturated rings. The third-order valence-corrected chi connectivity index (χ3v) is 7.26. The van der Waals surface area contributed by atoms with Crippen LogP contribution in [0.5, 0.6) is 0 Å². The number of nitrogens with one attached hydrogen (secondary N) is 1. The average Bonchev–Trinajstić information content (AvgIpc) is 2.84. The van der Waals surface area contributed by atoms with E-state index >= 15 is 0 Å². The lowest BCUT2D eigenvalue weighted by molar-refractivity contribution is -0.116. The molecule has 6 nitrogen and oxygen atoms in total. The quantitative estimate of drug-likeness (QED) is 0.282. The molecule has 0 heterocycles. The minimum absolute atomic E-state index is 0.00194. The molecule has 0 aliphatic rings. The van der Waals surface area contributed by atoms with Crippen molar-refractivity contribution in [3.63, 3.8) is 0 Å². The molecule has 7 heteroatoms. The Bertz CT molecular complexity index is 1220. The first kappa shape index (κ1) is 28.7. The van der Waals surface area contributed by atoms with E-state index in [1.165, 1.54) is 0 Å². The molecular formula is C30H38N2O4S. The summed E-state index contributed by atoms with van der Waals surface area (Å²) in [6.07, 6.45) is 0. The number of carbonyl (C=O) groups excluding carboxylic acids is 1. The smallest absolute Gasteiger partial charge is 0.247 e. The lowest BCUT2D eigenvalue weighted by Gasteiger charge is -2.26. The van der Waals surface area contributed by atoms with Gasteiger partial charge in [0.1, 0.15) is 0 Å². The standard InChI is InChI=1S/C30H38N2O4S/c1-19(2)26-15-23(25-10-8-7-9-22(25)18-33)16-27(20(3)4)28(26)29(37(35)36)30(34)31-24-13-11-21(12-14-24)17-32(5)6/h7-16,19-20,29,33H,17-18H2,1-6H3,(H,31,34)(H,35,36). The second-order valence-corrected chi connectivity index (χ2v) is 11.3. The lowest BCUT2D eigenvalue weighted by Crippen LogP contribution is -2.27. The molecular weight excluding hydrogens is 484 g/mol. The zero-order valence-electron chi connectivity index (χ0n) is 22.5. The van der Waals surface area contributed by atoms with Crippen LogP contribution in [0.25, 0.3) is 11.1 Å². The van der Waals surface area contributed by atoms with Gasteiger partial charge in [0.05, 0.1) is 6.61 Å². The average molecular weight is 523 g/mol. The zero-order valence-corrected chi connectivity index (χ0v) is 23.3. The molecule has 0 aliphatic heterocycles. The van der Waals surface area contributed by atoms with Crippen molar-refractivity contribution >= 4 is 22.7 Å². The summed E-state index contributed by atoms with van der Waals surface area (Å²) >= 11 is -2.44. The first-order valence-corrected chi connectivity index (χ1v) is 13.7. The Hall–Kier alpha value is -2.84. The van der Waals surface area contributed by atoms with E-state index in [1.54, 1.807) is 0 Å². The number of amides is 1. The number of carbonyl (C=O) groups is 1. The van der Waals surface area contributed by atoms with Crippen LogP contribution in [-0.2, 0) is 29.0 Å². The van der Waals surface area contributed by atoms with Gasteiger partial charge in [0.25, 0.3) is 0 Å². The van der Waals surface area contributed by atoms with Gasteiger partial charge in [-0.25, -0.2) is 4.21 Å². The fourth-order valence-electron chi connectivity index (χ4n) is 4.64. The number of nitrogens with zero attached hydrogens (tertiary/aromatic N) is 1. The van der Waals surface area contributed by atoms with Crippen LogP contribution in [0.1, 0.15) is 72.6 Å². The largest absolute Gasteiger partial charge is 0.392 e. The molecule has 0 aromatic heterocycles. The molecule has 0 saturated carbocycles. The van der Waals surface area contributed by atoms with Gasteiger partial charge < -0.3 is 19.9 Å². The molecule has 0 bridgehead atoms. The van der Waals surface area contributed by atoms with Crippen LogP contribution in [0.4, 0.5) is 5.69 Å². The van der Waals surface area contributed by atoms with Crippen LogP contribution in [0, 0.1) is 0 Å². The van der Waals surface area contributed by atoms with E-state index < -0.39 is 22.2 Å². The van der Waals surface area contributed by atoms with Gasteiger partial charge in [-0.3, -0.25) is 4.79 Å². The minimum atomic E-state index is -2.44. The predicted molar refractivity (Wildman–Crippen MR) is 152 cm³/mol. The van der Waals surface area contributed by atoms with Gasteiger partial charge in [-0.05, 0) is 77.0 Å². The highest BCUT2D eigenvalue weighted by Gasteiger charge is 2.33. The van der Waals surface area contributed by atoms with Crippen LogP contribution in [0.15, 0.2) is 60.7 Å². The Balaban J connectivity index is 2.10. The van der Waals surface area contributed by atoms with E-state index in [9.17, 15) is 18.7 Å². The highest BCUT2D eigenvalue weighted by atomic mass is 32.2. The molecule has 1 amide bonds. The number of benzene rings is 3. The highest BCUT2D eigenvalue weighted by molar-refractivity contribution is 7.80. The number of hydrogen-bond donors (Lipinski definition) is 3. The van der Waals surface area contributed by atoms with Gasteiger partial charge in [-0.1, -0.05) is 76.2 Å². The summed E-state index contributed by atoms with van der Waals surface area (Å²) in [6, 6.07) is 19.1. The Kier molecular flexibility index (Phi) is 9.79. The molecule has 3 rings (SSSR count). The van der Waals surface area contributed by atoms with Crippen molar-refractivity contribution in [2.45, 2.75) is 57.9 Å². The van der Waals surface area contributed by atoms with E-state index in [-0.39, 0.29) is 18.4 Å². The van der Waals surface area contributed by atoms with Crippen molar-refractivity contribution in [1.29, 1.82) is 0 Å². The van der Waals surface area contributed by atoms with E-state index in [0.717, 1.165) is 39.9 Å². The molecule has 0 saturated heterocycles. The molecule has 2 unspecified atom stereocenters. The van der Waals surface area contributed by atoms with Crippen molar-refractivity contribution in [2.75, 3.05) is 19.4 Å². The molecule has 0 aliphatic carbocycles. The minimum Gasteiger partial charge on any atom is -0.392 e. The van der Waals surface area contributed by atoms with Gasteiger partial charge in [-0.2, -0.15) is 0 Å². The lowest BCUT2D eigenvalue weighted by atomic mass is 9.83. The van der Waals surface area contributed by atoms with Crippen LogP contribution in [0.2, 0.25) is 0 Å². The summed E-state index contributed by atoms with van der Waals surface area (Å²) < 4.78 is 23.1. The van der Waals surface area contributed by atoms with E-state index in [0.29, 0.717) is 11.3 Å². The number of aliphatic hydroxyl groups is 1. The van der Waals surface area contributed by atoms with Gasteiger partial charge in [0.15, 0.2) is 16.3 Å². The summed E-state index contributed by atoms with van der Waals surface area (Å²) in [5.74, 6) is -0.524. The van der Waals surface area contributed by atoms with Crippen molar-refractivity contribution in [1.82, 2.24) is 4.90 Å². The van der Waals surface area contributed by atoms with Crippen LogP contribution in [0.3, 0.4) is 0 Å². The second kappa shape index (κ2) is 12.6. The van der Waals surface area contributed by atoms with E-state index in [2.05, 4.69) is 10.2 Å². The number of aliphatic hydroxyl groups excluding tert-OH is 1. The normalized spacial score (nSPS) is 13.3. The summed E-state index contributed by atoms with van der Waals surface area (Å²) in [5, 5.41) is 11.5. The fourth-order valence-corrected chi connectivity index (χ4v) is 5.36. The molecule has 0 spiro atoms. The molecule has 37 heavy (non-hydrogen) atoms. The monoisotopic (exact) mass is 522 g/mol. The molecule has 198 valence electrons. The topological polar surface area (TPSA) is 89.9 Å². The van der Waals surface area contributed by atoms with Gasteiger partial charge in [-0.15, -0.1) is 0 Å². The summed E-state index contributed by atoms with van der Waals surface area (Å²) in [7, 11) is 3.98. The molecule has 3 aromatic rings. The summed E-state index contributed by atoms with van der Waals surface area (Å²) in [4.78, 5) is 15.6. The second-order valence-electron chi connectivity index (χ2n) is 10.3. The molecule has 3 N–H and O–H groups in total. The molecule has 3 aromatic carbocycles. The van der Waals surface area contributed by atoms with Crippen molar-refractivity contribution in [3.05, 3.63) is 88.5 Å². The Morgan fingerprint density at radius 1 is 0.946 bits per heavy atom. The van der Waals surface area contributed by atoms with Crippen molar-refractivity contribution < 1.29 is 18.7 Å². The van der Waals surface area contributed by atoms with Gasteiger partial charge >= 0.3 is 0 Å². The maximum absolute atomic E-state index is 13.5. The Morgan fingerprint density at radius 2 is 1.51 bits per heavy atom. The number of anilines is 1. The first-order valence-electron chi connectivity index (χ1n) is 12.5. The van der Waals surface area contributed by atoms with E-state index in [1.807, 2.05) is 102 Å². The number of hydrogen-bond acceptors (Lipinski definition) is 4. The van der Waals surface area contributed by atoms with Gasteiger partial charge in [0.2, 0.25) is 5.91 Å². The summed E-state index contributed by atoms with van der Waals surface area (Å²) in [6.45, 7) is 8.75. The van der Waals surface area contributed by atoms with E-state index in [4.69, 9.17) is 0 Å². The zero-order chi connectivity index (χ0) is 27.3. The van der Waals surface area contributed by atoms with Crippen LogP contribution < -0.4 is 5.32 Å². The van der Waals surface area contributed by atoms with Crippen LogP contribution >= 0.6 is 0 Å². The first-order chi connectivity index (χ1) is 17.5. The SMILES string of the molecule is CC(C)c1cc(-c2ccccc2CO)cc(C(C)C)c1C(C(=O)Nc1ccc(CN(C)C)cc1)S(=O)O. The van der Waals surface area contributed by atoms with Crippen molar-refractivity contribution in [3.8, 4) is 11.1 Å². The Morgan fingerprint density at radius 3 is 2.00 bits per heavy atom. The molecule has 2 atom stereocenters. The molecule has 0 radical (unpaired) electrons. The third-order valence-electron chi connectivity index (χ3n) is 6.41. The fraction of sp³-hybridized carbons (Fsp3) is 0.367.